The highest BCUT2D eigenvalue weighted by atomic mass is 16.3. The van der Waals surface area contributed by atoms with E-state index in [1.165, 1.54) is 33.0 Å². The number of nitrogens with zero attached hydrogens (tertiary/aromatic N) is 2. The van der Waals surface area contributed by atoms with E-state index in [0.717, 1.165) is 72.2 Å². The van der Waals surface area contributed by atoms with Crippen LogP contribution in [-0.4, -0.2) is 9.97 Å². The number of fused-ring (bicyclic) bond motifs is 3. The van der Waals surface area contributed by atoms with E-state index in [2.05, 4.69) is 206 Å². The Morgan fingerprint density at radius 3 is 1.71 bits per heavy atom. The fourth-order valence-electron chi connectivity index (χ4n) is 8.37. The van der Waals surface area contributed by atoms with Gasteiger partial charge in [-0.3, -0.25) is 0 Å². The van der Waals surface area contributed by atoms with Gasteiger partial charge in [-0.1, -0.05) is 176 Å². The van der Waals surface area contributed by atoms with Crippen molar-refractivity contribution in [3.05, 3.63) is 218 Å². The minimum absolute atomic E-state index is 0.614. The highest BCUT2D eigenvalue weighted by Gasteiger charge is 2.16. The number of benzene rings is 9. The van der Waals surface area contributed by atoms with Crippen LogP contribution in [0.15, 0.2) is 223 Å². The molecule has 0 aliphatic rings. The largest absolute Gasteiger partial charge is 0.436 e. The third kappa shape index (κ3) is 6.45. The Morgan fingerprint density at radius 1 is 0.305 bits per heavy atom. The van der Waals surface area contributed by atoms with Crippen molar-refractivity contribution < 1.29 is 4.42 Å². The molecule has 0 saturated heterocycles. The highest BCUT2D eigenvalue weighted by molar-refractivity contribution is 6.05. The third-order valence-electron chi connectivity index (χ3n) is 11.3. The number of oxazole rings is 1. The number of hydrogen-bond donors (Lipinski definition) is 0. The quantitative estimate of drug-likeness (QED) is 0.163. The van der Waals surface area contributed by atoms with Gasteiger partial charge in [0.15, 0.2) is 5.58 Å². The van der Waals surface area contributed by atoms with Gasteiger partial charge in [0.25, 0.3) is 0 Å². The van der Waals surface area contributed by atoms with Crippen molar-refractivity contribution >= 4 is 32.8 Å². The Labute approximate surface area is 342 Å². The summed E-state index contributed by atoms with van der Waals surface area (Å²) in [6.07, 6.45) is 0. The summed E-state index contributed by atoms with van der Waals surface area (Å²) in [7, 11) is 0. The minimum Gasteiger partial charge on any atom is -0.436 e. The molecule has 0 atom stereocenters. The number of hydrogen-bond acceptors (Lipinski definition) is 3. The molecule has 3 heteroatoms. The monoisotopic (exact) mass is 752 g/mol. The standard InChI is InChI=1S/C56H36N2O/c1-3-13-37(14-4-1)42-18-12-21-46(34-42)56-58-53-35-44(30-32-54(53)59-56)43-19-11-20-45(33-43)48-31-29-39-17-7-8-22-47(39)55(48)41-27-25-40(26-28-41)52-36-50(38-15-5-2-6-16-38)49-23-9-10-24-51(49)57-52/h1-36H. The van der Waals surface area contributed by atoms with Crippen LogP contribution >= 0.6 is 0 Å². The fraction of sp³-hybridized carbons (Fsp3) is 0. The maximum atomic E-state index is 6.30. The second-order valence-electron chi connectivity index (χ2n) is 15.0. The van der Waals surface area contributed by atoms with Gasteiger partial charge >= 0.3 is 0 Å². The summed E-state index contributed by atoms with van der Waals surface area (Å²) in [5.41, 5.74) is 17.1. The lowest BCUT2D eigenvalue weighted by Crippen LogP contribution is -1.91. The van der Waals surface area contributed by atoms with Crippen molar-refractivity contribution in [1.29, 1.82) is 0 Å². The SMILES string of the molecule is c1ccc(-c2cccc(-c3nc4cc(-c5cccc(-c6ccc7ccccc7c6-c6ccc(-c7cc(-c8ccccc8)c8ccccc8n7)cc6)c5)ccc4o3)c2)cc1. The maximum absolute atomic E-state index is 6.30. The summed E-state index contributed by atoms with van der Waals surface area (Å²) in [4.78, 5) is 10.1. The Balaban J connectivity index is 0.959. The van der Waals surface area contributed by atoms with Crippen molar-refractivity contribution in [2.45, 2.75) is 0 Å². The Bertz CT molecular complexity index is 3310. The second-order valence-corrected chi connectivity index (χ2v) is 15.0. The van der Waals surface area contributed by atoms with E-state index < -0.39 is 0 Å². The summed E-state index contributed by atoms with van der Waals surface area (Å²) in [5, 5.41) is 3.57. The summed E-state index contributed by atoms with van der Waals surface area (Å²) in [6, 6.07) is 77.1. The molecule has 0 aliphatic heterocycles. The predicted octanol–water partition coefficient (Wildman–Crippen LogP) is 15.2. The number of rotatable bonds is 7. The molecule has 0 bridgehead atoms. The van der Waals surface area contributed by atoms with Crippen molar-refractivity contribution in [3.8, 4) is 78.3 Å². The number of aromatic nitrogens is 2. The summed E-state index contributed by atoms with van der Waals surface area (Å²) < 4.78 is 6.30. The molecule has 0 radical (unpaired) electrons. The summed E-state index contributed by atoms with van der Waals surface area (Å²) >= 11 is 0. The van der Waals surface area contributed by atoms with E-state index in [-0.39, 0.29) is 0 Å². The normalized spacial score (nSPS) is 11.4. The molecule has 3 nitrogen and oxygen atoms in total. The molecule has 59 heavy (non-hydrogen) atoms. The molecule has 0 unspecified atom stereocenters. The van der Waals surface area contributed by atoms with Gasteiger partial charge in [-0.25, -0.2) is 9.97 Å². The molecule has 2 heterocycles. The van der Waals surface area contributed by atoms with Crippen LogP contribution in [0.3, 0.4) is 0 Å². The number of para-hydroxylation sites is 1. The fourth-order valence-corrected chi connectivity index (χ4v) is 8.37. The Hall–Kier alpha value is -7.88. The zero-order valence-corrected chi connectivity index (χ0v) is 32.1. The van der Waals surface area contributed by atoms with E-state index >= 15 is 0 Å². The second kappa shape index (κ2) is 14.6. The smallest absolute Gasteiger partial charge is 0.227 e. The molecular formula is C56H36N2O. The van der Waals surface area contributed by atoms with Gasteiger partial charge in [0.05, 0.1) is 11.2 Å². The van der Waals surface area contributed by atoms with Gasteiger partial charge in [-0.15, -0.1) is 0 Å². The molecule has 276 valence electrons. The van der Waals surface area contributed by atoms with Gasteiger partial charge in [-0.05, 0) is 109 Å². The molecule has 0 fully saturated rings. The topological polar surface area (TPSA) is 38.9 Å². The van der Waals surface area contributed by atoms with Crippen molar-refractivity contribution in [2.24, 2.45) is 0 Å². The average molecular weight is 753 g/mol. The summed E-state index contributed by atoms with van der Waals surface area (Å²) in [6.45, 7) is 0. The first-order chi connectivity index (χ1) is 29.2. The van der Waals surface area contributed by atoms with Crippen molar-refractivity contribution in [1.82, 2.24) is 9.97 Å². The van der Waals surface area contributed by atoms with Crippen LogP contribution in [0.2, 0.25) is 0 Å². The average Bonchev–Trinajstić information content (AvgIpc) is 3.76. The molecule has 0 spiro atoms. The lowest BCUT2D eigenvalue weighted by Gasteiger charge is -2.16. The first kappa shape index (κ1) is 34.4. The zero-order valence-electron chi connectivity index (χ0n) is 32.1. The molecule has 0 amide bonds. The van der Waals surface area contributed by atoms with Crippen molar-refractivity contribution in [2.75, 3.05) is 0 Å². The molecule has 0 saturated carbocycles. The van der Waals surface area contributed by atoms with Crippen LogP contribution < -0.4 is 0 Å². The van der Waals surface area contributed by atoms with Gasteiger partial charge < -0.3 is 4.42 Å². The van der Waals surface area contributed by atoms with Gasteiger partial charge in [0, 0.05) is 16.5 Å². The van der Waals surface area contributed by atoms with E-state index in [1.807, 2.05) is 12.1 Å². The lowest BCUT2D eigenvalue weighted by atomic mass is 9.88. The van der Waals surface area contributed by atoms with Crippen LogP contribution in [0.5, 0.6) is 0 Å². The minimum atomic E-state index is 0.614. The van der Waals surface area contributed by atoms with Crippen LogP contribution in [0.25, 0.3) is 111 Å². The molecule has 0 aliphatic carbocycles. The highest BCUT2D eigenvalue weighted by Crippen LogP contribution is 2.41. The molecular weight excluding hydrogens is 717 g/mol. The van der Waals surface area contributed by atoms with E-state index in [0.29, 0.717) is 5.89 Å². The first-order valence-corrected chi connectivity index (χ1v) is 20.0. The van der Waals surface area contributed by atoms with Crippen LogP contribution in [0.4, 0.5) is 0 Å². The van der Waals surface area contributed by atoms with E-state index in [1.54, 1.807) is 0 Å². The lowest BCUT2D eigenvalue weighted by molar-refractivity contribution is 0.620. The van der Waals surface area contributed by atoms with E-state index in [4.69, 9.17) is 14.4 Å². The Morgan fingerprint density at radius 2 is 0.898 bits per heavy atom. The summed E-state index contributed by atoms with van der Waals surface area (Å²) in [5.74, 6) is 0.614. The third-order valence-corrected chi connectivity index (χ3v) is 11.3. The number of pyridine rings is 1. The Kier molecular flexibility index (Phi) is 8.49. The molecule has 9 aromatic carbocycles. The van der Waals surface area contributed by atoms with Crippen LogP contribution in [0, 0.1) is 0 Å². The first-order valence-electron chi connectivity index (χ1n) is 20.0. The van der Waals surface area contributed by atoms with Crippen LogP contribution in [-0.2, 0) is 0 Å². The van der Waals surface area contributed by atoms with Gasteiger partial charge in [0.2, 0.25) is 5.89 Å². The molecule has 2 aromatic heterocycles. The van der Waals surface area contributed by atoms with E-state index in [9.17, 15) is 0 Å². The zero-order chi connectivity index (χ0) is 39.1. The van der Waals surface area contributed by atoms with Gasteiger partial charge in [0.1, 0.15) is 5.52 Å². The molecule has 0 N–H and O–H groups in total. The maximum Gasteiger partial charge on any atom is 0.227 e. The van der Waals surface area contributed by atoms with Crippen LogP contribution in [0.1, 0.15) is 0 Å². The molecule has 11 aromatic rings. The van der Waals surface area contributed by atoms with Gasteiger partial charge in [-0.2, -0.15) is 0 Å². The molecule has 11 rings (SSSR count). The van der Waals surface area contributed by atoms with Crippen molar-refractivity contribution in [3.63, 3.8) is 0 Å². The predicted molar refractivity (Wildman–Crippen MR) is 245 cm³/mol.